The maximum atomic E-state index is 10.4. The van der Waals surface area contributed by atoms with Gasteiger partial charge in [0.15, 0.2) is 6.20 Å². The molecule has 1 aromatic rings. The Bertz CT molecular complexity index is 393. The van der Waals surface area contributed by atoms with Crippen LogP contribution in [0.1, 0.15) is 5.56 Å². The van der Waals surface area contributed by atoms with E-state index < -0.39 is 23.1 Å². The molecule has 0 aromatic carbocycles. The fourth-order valence-corrected chi connectivity index (χ4v) is 1.31. The van der Waals surface area contributed by atoms with Crippen molar-refractivity contribution < 1.29 is 14.8 Å². The summed E-state index contributed by atoms with van der Waals surface area (Å²) >= 11 is 3.06. The average molecular weight is 261 g/mol. The first-order chi connectivity index (χ1) is 6.50. The predicted molar refractivity (Wildman–Crippen MR) is 49.9 cm³/mol. The Kier molecular flexibility index (Phi) is 3.13. The molecule has 0 fully saturated rings. The highest BCUT2D eigenvalue weighted by Gasteiger charge is 2.17. The Hall–Kier alpha value is -1.50. The van der Waals surface area contributed by atoms with Gasteiger partial charge in [0.25, 0.3) is 0 Å². The minimum absolute atomic E-state index is 0.0804. The number of nitrogens with zero attached hydrogens (tertiary/aromatic N) is 2. The van der Waals surface area contributed by atoms with Crippen LogP contribution in [0.3, 0.4) is 0 Å². The number of aromatic nitrogens is 1. The third-order valence-corrected chi connectivity index (χ3v) is 1.86. The second-order valence-electron chi connectivity index (χ2n) is 2.46. The Balaban J connectivity index is 3.15. The molecule has 1 heterocycles. The molecule has 1 aromatic heterocycles. The molecule has 14 heavy (non-hydrogen) atoms. The van der Waals surface area contributed by atoms with Gasteiger partial charge in [0.05, 0.1) is 16.5 Å². The Morgan fingerprint density at radius 1 is 1.71 bits per heavy atom. The molecule has 7 heteroatoms. The standard InChI is InChI=1S/C7H5BrN2O4/c8-5-1-4(2-6(11)12)7(9-3-5)10(13)14/h1,3H,2H2,(H,11,12). The van der Waals surface area contributed by atoms with Gasteiger partial charge in [-0.15, -0.1) is 0 Å². The zero-order valence-corrected chi connectivity index (χ0v) is 8.39. The van der Waals surface area contributed by atoms with Crippen LogP contribution in [-0.4, -0.2) is 21.0 Å². The first-order valence-electron chi connectivity index (χ1n) is 3.51. The summed E-state index contributed by atoms with van der Waals surface area (Å²) in [6.07, 6.45) is 0.840. The van der Waals surface area contributed by atoms with Crippen LogP contribution in [0.25, 0.3) is 0 Å². The maximum absolute atomic E-state index is 10.4. The van der Waals surface area contributed by atoms with Crippen LogP contribution < -0.4 is 0 Å². The van der Waals surface area contributed by atoms with E-state index in [0.717, 1.165) is 0 Å². The lowest BCUT2D eigenvalue weighted by Gasteiger charge is -1.99. The number of aliphatic carboxylic acids is 1. The van der Waals surface area contributed by atoms with E-state index in [9.17, 15) is 14.9 Å². The Labute approximate surface area is 86.9 Å². The van der Waals surface area contributed by atoms with Crippen molar-refractivity contribution in [3.05, 3.63) is 32.4 Å². The van der Waals surface area contributed by atoms with Gasteiger partial charge in [-0.25, -0.2) is 0 Å². The van der Waals surface area contributed by atoms with E-state index in [0.29, 0.717) is 4.47 Å². The van der Waals surface area contributed by atoms with Crippen molar-refractivity contribution in [2.24, 2.45) is 0 Å². The zero-order chi connectivity index (χ0) is 10.7. The average Bonchev–Trinajstić information content (AvgIpc) is 2.01. The van der Waals surface area contributed by atoms with E-state index in [2.05, 4.69) is 20.9 Å². The minimum Gasteiger partial charge on any atom is -0.481 e. The minimum atomic E-state index is -1.13. The monoisotopic (exact) mass is 260 g/mol. The molecule has 6 nitrogen and oxygen atoms in total. The van der Waals surface area contributed by atoms with Crippen molar-refractivity contribution >= 4 is 27.7 Å². The van der Waals surface area contributed by atoms with Gasteiger partial charge in [0.1, 0.15) is 0 Å². The lowest BCUT2D eigenvalue weighted by molar-refractivity contribution is -0.390. The van der Waals surface area contributed by atoms with Gasteiger partial charge in [0, 0.05) is 0 Å². The van der Waals surface area contributed by atoms with Crippen LogP contribution in [0.4, 0.5) is 5.82 Å². The third-order valence-electron chi connectivity index (χ3n) is 1.42. The van der Waals surface area contributed by atoms with Crippen LogP contribution in [0.15, 0.2) is 16.7 Å². The molecule has 0 atom stereocenters. The number of carbonyl (C=O) groups is 1. The van der Waals surface area contributed by atoms with Gasteiger partial charge >= 0.3 is 11.8 Å². The van der Waals surface area contributed by atoms with E-state index in [4.69, 9.17) is 5.11 Å². The molecule has 0 radical (unpaired) electrons. The fraction of sp³-hybridized carbons (Fsp3) is 0.143. The SMILES string of the molecule is O=C(O)Cc1cc(Br)cnc1[N+](=O)[O-]. The van der Waals surface area contributed by atoms with Crippen molar-refractivity contribution in [1.29, 1.82) is 0 Å². The molecule has 0 amide bonds. The number of carboxylic acid groups (broad SMARTS) is 1. The molecule has 1 N–H and O–H groups in total. The Morgan fingerprint density at radius 3 is 2.86 bits per heavy atom. The number of hydrogen-bond donors (Lipinski definition) is 1. The molecule has 0 bridgehead atoms. The first kappa shape index (κ1) is 10.6. The number of carboxylic acids is 1. The van der Waals surface area contributed by atoms with Crippen molar-refractivity contribution in [3.63, 3.8) is 0 Å². The van der Waals surface area contributed by atoms with Crippen LogP contribution in [-0.2, 0) is 11.2 Å². The summed E-state index contributed by atoms with van der Waals surface area (Å²) in [6.45, 7) is 0. The van der Waals surface area contributed by atoms with Crippen molar-refractivity contribution in [2.45, 2.75) is 6.42 Å². The summed E-state index contributed by atoms with van der Waals surface area (Å²) in [5.74, 6) is -1.55. The fourth-order valence-electron chi connectivity index (χ4n) is 0.931. The summed E-state index contributed by atoms with van der Waals surface area (Å²) < 4.78 is 0.513. The molecule has 0 saturated heterocycles. The van der Waals surface area contributed by atoms with Crippen LogP contribution >= 0.6 is 15.9 Å². The predicted octanol–water partition coefficient (Wildman–Crippen LogP) is 1.38. The second kappa shape index (κ2) is 4.14. The van der Waals surface area contributed by atoms with Crippen molar-refractivity contribution in [2.75, 3.05) is 0 Å². The number of rotatable bonds is 3. The van der Waals surface area contributed by atoms with Gasteiger partial charge in [-0.05, 0) is 31.9 Å². The number of halogens is 1. The summed E-state index contributed by atoms with van der Waals surface area (Å²) in [7, 11) is 0. The van der Waals surface area contributed by atoms with E-state index >= 15 is 0 Å². The molecule has 0 saturated carbocycles. The highest BCUT2D eigenvalue weighted by atomic mass is 79.9. The first-order valence-corrected chi connectivity index (χ1v) is 4.30. The van der Waals surface area contributed by atoms with Crippen molar-refractivity contribution in [3.8, 4) is 0 Å². The van der Waals surface area contributed by atoms with Gasteiger partial charge in [-0.2, -0.15) is 0 Å². The molecule has 1 rings (SSSR count). The Morgan fingerprint density at radius 2 is 2.36 bits per heavy atom. The molecule has 0 unspecified atom stereocenters. The zero-order valence-electron chi connectivity index (χ0n) is 6.81. The second-order valence-corrected chi connectivity index (χ2v) is 3.38. The quantitative estimate of drug-likeness (QED) is 0.655. The third kappa shape index (κ3) is 2.49. The molecular formula is C7H5BrN2O4. The van der Waals surface area contributed by atoms with Crippen LogP contribution in [0, 0.1) is 10.1 Å². The topological polar surface area (TPSA) is 93.3 Å². The van der Waals surface area contributed by atoms with Crippen molar-refractivity contribution in [1.82, 2.24) is 4.98 Å². The largest absolute Gasteiger partial charge is 0.481 e. The van der Waals surface area contributed by atoms with Gasteiger partial charge in [-0.1, -0.05) is 0 Å². The summed E-state index contributed by atoms with van der Waals surface area (Å²) in [5, 5.41) is 18.9. The molecular weight excluding hydrogens is 256 g/mol. The summed E-state index contributed by atoms with van der Waals surface area (Å²) in [6, 6.07) is 1.37. The van der Waals surface area contributed by atoms with Crippen LogP contribution in [0.2, 0.25) is 0 Å². The summed E-state index contributed by atoms with van der Waals surface area (Å²) in [5.41, 5.74) is 0.0804. The number of nitro groups is 1. The lowest BCUT2D eigenvalue weighted by Crippen LogP contribution is -2.05. The molecule has 74 valence electrons. The van der Waals surface area contributed by atoms with Gasteiger partial charge < -0.3 is 15.2 Å². The van der Waals surface area contributed by atoms with Crippen LogP contribution in [0.5, 0.6) is 0 Å². The number of pyridine rings is 1. The van der Waals surface area contributed by atoms with E-state index in [1.165, 1.54) is 12.3 Å². The normalized spacial score (nSPS) is 9.79. The lowest BCUT2D eigenvalue weighted by atomic mass is 10.2. The maximum Gasteiger partial charge on any atom is 0.367 e. The molecule has 0 aliphatic carbocycles. The molecule has 0 aliphatic heterocycles. The highest BCUT2D eigenvalue weighted by Crippen LogP contribution is 2.20. The van der Waals surface area contributed by atoms with Gasteiger partial charge in [0.2, 0.25) is 0 Å². The van der Waals surface area contributed by atoms with E-state index in [1.54, 1.807) is 0 Å². The molecule has 0 spiro atoms. The van der Waals surface area contributed by atoms with Gasteiger partial charge in [-0.3, -0.25) is 4.79 Å². The molecule has 0 aliphatic rings. The van der Waals surface area contributed by atoms with E-state index in [1.807, 2.05) is 0 Å². The number of hydrogen-bond acceptors (Lipinski definition) is 4. The van der Waals surface area contributed by atoms with E-state index in [-0.39, 0.29) is 5.56 Å². The summed E-state index contributed by atoms with van der Waals surface area (Å²) in [4.78, 5) is 23.7. The highest BCUT2D eigenvalue weighted by molar-refractivity contribution is 9.10. The smallest absolute Gasteiger partial charge is 0.367 e.